The highest BCUT2D eigenvalue weighted by molar-refractivity contribution is 7.51. The van der Waals surface area contributed by atoms with Crippen molar-refractivity contribution in [2.45, 2.75) is 26.7 Å². The van der Waals surface area contributed by atoms with Crippen LogP contribution in [-0.2, 0) is 13.6 Å². The van der Waals surface area contributed by atoms with Crippen LogP contribution in [0.2, 0.25) is 0 Å². The molecule has 0 aliphatic carbocycles. The van der Waals surface area contributed by atoms with E-state index in [1.54, 1.807) is 21.0 Å². The van der Waals surface area contributed by atoms with Crippen molar-refractivity contribution in [1.82, 2.24) is 5.09 Å². The zero-order valence-corrected chi connectivity index (χ0v) is 16.8. The monoisotopic (exact) mass is 377 g/mol. The molecule has 0 spiro atoms. The molecule has 0 radical (unpaired) electrons. The molecular weight excluding hydrogens is 349 g/mol. The van der Waals surface area contributed by atoms with Gasteiger partial charge in [0.25, 0.3) is 0 Å². The Bertz CT molecular complexity index is 723. The predicted octanol–water partition coefficient (Wildman–Crippen LogP) is 5.24. The van der Waals surface area contributed by atoms with E-state index in [2.05, 4.69) is 42.3 Å². The van der Waals surface area contributed by atoms with Gasteiger partial charge in [0.15, 0.2) is 0 Å². The lowest BCUT2D eigenvalue weighted by atomic mass is 9.97. The molecule has 6 heteroatoms. The Morgan fingerprint density at radius 2 is 1.65 bits per heavy atom. The molecule has 0 saturated heterocycles. The normalized spacial score (nSPS) is 12.8. The molecule has 2 rings (SSSR count). The second-order valence-corrected chi connectivity index (χ2v) is 7.78. The molecular formula is C20H28NO4P. The Hall–Kier alpha value is -1.65. The van der Waals surface area contributed by atoms with Crippen LogP contribution >= 0.6 is 7.75 Å². The lowest BCUT2D eigenvalue weighted by molar-refractivity contribution is 0.210. The average molecular weight is 377 g/mol. The summed E-state index contributed by atoms with van der Waals surface area (Å²) in [6, 6.07) is 16.3. The number of nitrogens with one attached hydrogen (secondary N) is 1. The van der Waals surface area contributed by atoms with Gasteiger partial charge in [0, 0.05) is 6.54 Å². The van der Waals surface area contributed by atoms with Gasteiger partial charge in [-0.3, -0.25) is 9.05 Å². The van der Waals surface area contributed by atoms with Crippen LogP contribution in [0, 0.1) is 0 Å². The highest BCUT2D eigenvalue weighted by atomic mass is 31.2. The summed E-state index contributed by atoms with van der Waals surface area (Å²) in [5.74, 6) is 1.01. The third kappa shape index (κ3) is 5.68. The second-order valence-electron chi connectivity index (χ2n) is 5.95. The number of methoxy groups -OCH3 is 1. The quantitative estimate of drug-likeness (QED) is 0.574. The maximum absolute atomic E-state index is 12.5. The molecule has 0 aromatic heterocycles. The topological polar surface area (TPSA) is 56.8 Å². The summed E-state index contributed by atoms with van der Waals surface area (Å²) >= 11 is 0. The number of rotatable bonds is 10. The van der Waals surface area contributed by atoms with E-state index in [1.165, 1.54) is 0 Å². The molecule has 0 fully saturated rings. The van der Waals surface area contributed by atoms with Gasteiger partial charge in [0.2, 0.25) is 0 Å². The van der Waals surface area contributed by atoms with E-state index < -0.39 is 7.75 Å². The van der Waals surface area contributed by atoms with Gasteiger partial charge in [-0.2, -0.15) is 0 Å². The number of benzene rings is 2. The van der Waals surface area contributed by atoms with Gasteiger partial charge in [-0.25, -0.2) is 9.65 Å². The van der Waals surface area contributed by atoms with E-state index in [0.29, 0.717) is 19.8 Å². The SMILES string of the molecule is CCOP(=O)(NCC(C)c1ccc(-c2cccc(OC)c2)cc1)OCC. The summed E-state index contributed by atoms with van der Waals surface area (Å²) < 4.78 is 28.3. The van der Waals surface area contributed by atoms with Crippen molar-refractivity contribution in [1.29, 1.82) is 0 Å². The van der Waals surface area contributed by atoms with E-state index in [4.69, 9.17) is 13.8 Å². The number of ether oxygens (including phenoxy) is 1. The molecule has 2 aromatic rings. The molecule has 0 aliphatic heterocycles. The first-order chi connectivity index (χ1) is 12.5. The van der Waals surface area contributed by atoms with Crippen molar-refractivity contribution in [2.75, 3.05) is 26.9 Å². The molecule has 1 N–H and O–H groups in total. The third-order valence-electron chi connectivity index (χ3n) is 4.07. The van der Waals surface area contributed by atoms with Crippen LogP contribution < -0.4 is 9.82 Å². The first-order valence-electron chi connectivity index (χ1n) is 8.90. The molecule has 142 valence electrons. The minimum atomic E-state index is -3.22. The van der Waals surface area contributed by atoms with Crippen molar-refractivity contribution in [3.8, 4) is 16.9 Å². The summed E-state index contributed by atoms with van der Waals surface area (Å²) in [7, 11) is -1.56. The standard InChI is InChI=1S/C20H28NO4P/c1-5-24-26(22,25-6-2)21-15-16(3)17-10-12-18(13-11-17)19-8-7-9-20(14-19)23-4/h7-14,16H,5-6,15H2,1-4H3,(H,21,22). The summed E-state index contributed by atoms with van der Waals surface area (Å²) in [4.78, 5) is 0. The van der Waals surface area contributed by atoms with Gasteiger partial charge in [-0.05, 0) is 48.6 Å². The summed E-state index contributed by atoms with van der Waals surface area (Å²) in [6.07, 6.45) is 0. The summed E-state index contributed by atoms with van der Waals surface area (Å²) in [6.45, 7) is 6.87. The minimum Gasteiger partial charge on any atom is -0.497 e. The molecule has 26 heavy (non-hydrogen) atoms. The Balaban J connectivity index is 2.04. The van der Waals surface area contributed by atoms with Gasteiger partial charge < -0.3 is 4.74 Å². The maximum atomic E-state index is 12.5. The maximum Gasteiger partial charge on any atom is 0.405 e. The Morgan fingerprint density at radius 1 is 1.00 bits per heavy atom. The zero-order chi connectivity index (χ0) is 19.0. The lowest BCUT2D eigenvalue weighted by Crippen LogP contribution is -2.20. The number of hydrogen-bond acceptors (Lipinski definition) is 4. The molecule has 0 heterocycles. The highest BCUT2D eigenvalue weighted by Crippen LogP contribution is 2.43. The van der Waals surface area contributed by atoms with Gasteiger partial charge in [0.05, 0.1) is 20.3 Å². The predicted molar refractivity (Wildman–Crippen MR) is 106 cm³/mol. The van der Waals surface area contributed by atoms with Crippen molar-refractivity contribution < 1.29 is 18.3 Å². The fourth-order valence-electron chi connectivity index (χ4n) is 2.64. The molecule has 1 atom stereocenters. The third-order valence-corrected chi connectivity index (χ3v) is 5.84. The summed E-state index contributed by atoms with van der Waals surface area (Å²) in [5.41, 5.74) is 3.39. The lowest BCUT2D eigenvalue weighted by Gasteiger charge is -2.20. The Kier molecular flexibility index (Phi) is 7.85. The van der Waals surface area contributed by atoms with Crippen LogP contribution in [0.3, 0.4) is 0 Å². The highest BCUT2D eigenvalue weighted by Gasteiger charge is 2.23. The van der Waals surface area contributed by atoms with E-state index in [-0.39, 0.29) is 5.92 Å². The smallest absolute Gasteiger partial charge is 0.405 e. The molecule has 0 bridgehead atoms. The van der Waals surface area contributed by atoms with Crippen LogP contribution in [-0.4, -0.2) is 26.9 Å². The van der Waals surface area contributed by atoms with Gasteiger partial charge in [0.1, 0.15) is 5.75 Å². The molecule has 0 amide bonds. The van der Waals surface area contributed by atoms with E-state index in [9.17, 15) is 4.57 Å². The summed E-state index contributed by atoms with van der Waals surface area (Å²) in [5, 5.41) is 2.95. The zero-order valence-electron chi connectivity index (χ0n) is 15.9. The van der Waals surface area contributed by atoms with E-state index in [0.717, 1.165) is 22.4 Å². The van der Waals surface area contributed by atoms with E-state index in [1.807, 2.05) is 18.2 Å². The molecule has 2 aromatic carbocycles. The average Bonchev–Trinajstić information content (AvgIpc) is 2.67. The van der Waals surface area contributed by atoms with Crippen molar-refractivity contribution >= 4 is 7.75 Å². The van der Waals surface area contributed by atoms with E-state index >= 15 is 0 Å². The number of hydrogen-bond donors (Lipinski definition) is 1. The second kappa shape index (κ2) is 9.89. The first kappa shape index (κ1) is 20.7. The molecule has 5 nitrogen and oxygen atoms in total. The van der Waals surface area contributed by atoms with Crippen LogP contribution in [0.25, 0.3) is 11.1 Å². The van der Waals surface area contributed by atoms with Crippen molar-refractivity contribution in [2.24, 2.45) is 0 Å². The molecule has 0 saturated carbocycles. The van der Waals surface area contributed by atoms with Gasteiger partial charge in [-0.1, -0.05) is 43.3 Å². The Labute approximate surface area is 156 Å². The first-order valence-corrected chi connectivity index (χ1v) is 10.4. The molecule has 0 aliphatic rings. The van der Waals surface area contributed by atoms with Crippen LogP contribution in [0.1, 0.15) is 32.3 Å². The van der Waals surface area contributed by atoms with Crippen molar-refractivity contribution in [3.05, 3.63) is 54.1 Å². The Morgan fingerprint density at radius 3 is 2.23 bits per heavy atom. The van der Waals surface area contributed by atoms with Crippen molar-refractivity contribution in [3.63, 3.8) is 0 Å². The molecule has 1 unspecified atom stereocenters. The van der Waals surface area contributed by atoms with Gasteiger partial charge in [-0.15, -0.1) is 0 Å². The largest absolute Gasteiger partial charge is 0.497 e. The van der Waals surface area contributed by atoms with Gasteiger partial charge >= 0.3 is 7.75 Å². The van der Waals surface area contributed by atoms with Crippen LogP contribution in [0.5, 0.6) is 5.75 Å². The van der Waals surface area contributed by atoms with Crippen LogP contribution in [0.4, 0.5) is 0 Å². The van der Waals surface area contributed by atoms with Crippen LogP contribution in [0.15, 0.2) is 48.5 Å². The fourth-order valence-corrected chi connectivity index (χ4v) is 4.08. The minimum absolute atomic E-state index is 0.170. The fraction of sp³-hybridized carbons (Fsp3) is 0.400.